The van der Waals surface area contributed by atoms with Crippen molar-refractivity contribution in [3.05, 3.63) is 12.7 Å². The van der Waals surface area contributed by atoms with E-state index < -0.39 is 0 Å². The Morgan fingerprint density at radius 3 is 2.50 bits per heavy atom. The molecule has 3 rings (SSSR count). The van der Waals surface area contributed by atoms with Crippen LogP contribution in [0.1, 0.15) is 58.3 Å². The largest absolute Gasteiger partial charge is 0.311 e. The second-order valence-corrected chi connectivity index (χ2v) is 7.23. The summed E-state index contributed by atoms with van der Waals surface area (Å²) in [6.07, 6.45) is 14.6. The fraction of sp³-hybridized carbons (Fsp3) is 0.882. The third kappa shape index (κ3) is 3.87. The Bertz CT molecular complexity index is 418. The highest BCUT2D eigenvalue weighted by molar-refractivity contribution is 4.96. The topological polar surface area (TPSA) is 46.0 Å². The molecule has 0 unspecified atom stereocenters. The maximum absolute atomic E-state index is 4.21. The van der Waals surface area contributed by atoms with Gasteiger partial charge in [-0.1, -0.05) is 25.7 Å². The Hall–Kier alpha value is -0.940. The molecule has 1 saturated carbocycles. The summed E-state index contributed by atoms with van der Waals surface area (Å²) in [6.45, 7) is 6.89. The van der Waals surface area contributed by atoms with Gasteiger partial charge in [-0.3, -0.25) is 9.58 Å². The van der Waals surface area contributed by atoms with Crippen molar-refractivity contribution in [2.75, 3.05) is 19.6 Å². The molecule has 1 aliphatic heterocycles. The Morgan fingerprint density at radius 1 is 1.09 bits per heavy atom. The van der Waals surface area contributed by atoms with Crippen LogP contribution in [0.2, 0.25) is 0 Å². The molecule has 5 nitrogen and oxygen atoms in total. The van der Waals surface area contributed by atoms with E-state index in [1.54, 1.807) is 12.7 Å². The van der Waals surface area contributed by atoms with E-state index in [-0.39, 0.29) is 0 Å². The molecule has 2 heterocycles. The number of nitrogens with zero attached hydrogens (tertiary/aromatic N) is 4. The van der Waals surface area contributed by atoms with Gasteiger partial charge in [0, 0.05) is 18.1 Å². The third-order valence-corrected chi connectivity index (χ3v) is 5.52. The molecular formula is C17H31N5. The molecule has 1 atom stereocenters. The summed E-state index contributed by atoms with van der Waals surface area (Å²) < 4.78 is 1.92. The summed E-state index contributed by atoms with van der Waals surface area (Å²) in [6, 6.07) is 0.435. The molecule has 1 aliphatic carbocycles. The minimum atomic E-state index is 0.412. The number of piperidine rings is 1. The Balaban J connectivity index is 1.57. The first-order chi connectivity index (χ1) is 10.8. The van der Waals surface area contributed by atoms with E-state index in [0.717, 1.165) is 13.1 Å². The Kier molecular flexibility index (Phi) is 5.47. The second kappa shape index (κ2) is 7.55. The zero-order valence-corrected chi connectivity index (χ0v) is 14.0. The predicted octanol–water partition coefficient (Wildman–Crippen LogP) is 2.44. The second-order valence-electron chi connectivity index (χ2n) is 7.23. The first kappa shape index (κ1) is 15.9. The first-order valence-electron chi connectivity index (χ1n) is 9.09. The van der Waals surface area contributed by atoms with Crippen molar-refractivity contribution in [1.29, 1.82) is 0 Å². The van der Waals surface area contributed by atoms with Gasteiger partial charge < -0.3 is 5.32 Å². The standard InChI is InChI=1S/C17H31N5/c1-16(12-22-15-18-14-20-22)19-13-17(8-4-2-5-9-17)21-10-6-3-7-11-21/h14-16,19H,2-13H2,1H3/t16-/m0/s1. The highest BCUT2D eigenvalue weighted by Crippen LogP contribution is 2.35. The first-order valence-corrected chi connectivity index (χ1v) is 9.09. The third-order valence-electron chi connectivity index (χ3n) is 5.52. The summed E-state index contributed by atoms with van der Waals surface area (Å²) in [5, 5.41) is 8.01. The van der Waals surface area contributed by atoms with Crippen molar-refractivity contribution in [3.63, 3.8) is 0 Å². The van der Waals surface area contributed by atoms with E-state index in [1.165, 1.54) is 64.5 Å². The van der Waals surface area contributed by atoms with E-state index in [4.69, 9.17) is 0 Å². The zero-order valence-electron chi connectivity index (χ0n) is 14.0. The van der Waals surface area contributed by atoms with Gasteiger partial charge in [0.15, 0.2) is 0 Å². The average molecular weight is 305 g/mol. The van der Waals surface area contributed by atoms with Gasteiger partial charge in [0.2, 0.25) is 0 Å². The molecule has 1 N–H and O–H groups in total. The van der Waals surface area contributed by atoms with Crippen molar-refractivity contribution >= 4 is 0 Å². The quantitative estimate of drug-likeness (QED) is 0.877. The molecule has 0 spiro atoms. The van der Waals surface area contributed by atoms with Crippen LogP contribution in [0.3, 0.4) is 0 Å². The molecule has 2 fully saturated rings. The fourth-order valence-electron chi connectivity index (χ4n) is 4.22. The molecule has 0 radical (unpaired) electrons. The van der Waals surface area contributed by atoms with Gasteiger partial charge in [0.25, 0.3) is 0 Å². The maximum Gasteiger partial charge on any atom is 0.137 e. The maximum atomic E-state index is 4.21. The van der Waals surface area contributed by atoms with Crippen LogP contribution in [0, 0.1) is 0 Å². The monoisotopic (exact) mass is 305 g/mol. The lowest BCUT2D eigenvalue weighted by Gasteiger charge is -2.49. The van der Waals surface area contributed by atoms with Crippen LogP contribution in [0.25, 0.3) is 0 Å². The minimum absolute atomic E-state index is 0.412. The Morgan fingerprint density at radius 2 is 1.82 bits per heavy atom. The molecule has 0 bridgehead atoms. The molecule has 1 aromatic rings. The summed E-state index contributed by atoms with van der Waals surface area (Å²) in [5.41, 5.74) is 0.412. The molecule has 5 heteroatoms. The summed E-state index contributed by atoms with van der Waals surface area (Å²) in [4.78, 5) is 6.84. The van der Waals surface area contributed by atoms with Crippen molar-refractivity contribution in [2.45, 2.75) is 76.4 Å². The molecule has 1 aromatic heterocycles. The van der Waals surface area contributed by atoms with Gasteiger partial charge in [-0.25, -0.2) is 4.98 Å². The van der Waals surface area contributed by atoms with E-state index in [0.29, 0.717) is 11.6 Å². The molecule has 0 amide bonds. The average Bonchev–Trinajstić information content (AvgIpc) is 3.08. The smallest absolute Gasteiger partial charge is 0.137 e. The molecule has 0 aromatic carbocycles. The van der Waals surface area contributed by atoms with E-state index in [1.807, 2.05) is 4.68 Å². The number of likely N-dealkylation sites (tertiary alicyclic amines) is 1. The molecule has 2 aliphatic rings. The van der Waals surface area contributed by atoms with Gasteiger partial charge in [0.05, 0.1) is 6.54 Å². The number of rotatable bonds is 6. The van der Waals surface area contributed by atoms with Crippen LogP contribution >= 0.6 is 0 Å². The van der Waals surface area contributed by atoms with Gasteiger partial charge in [-0.05, 0) is 45.7 Å². The SMILES string of the molecule is C[C@@H](Cn1cncn1)NCC1(N2CCCCC2)CCCCC1. The number of hydrogen-bond acceptors (Lipinski definition) is 4. The van der Waals surface area contributed by atoms with Crippen LogP contribution in [-0.4, -0.2) is 50.9 Å². The van der Waals surface area contributed by atoms with Gasteiger partial charge in [0.1, 0.15) is 12.7 Å². The van der Waals surface area contributed by atoms with Crippen molar-refractivity contribution in [1.82, 2.24) is 25.0 Å². The normalized spacial score (nSPS) is 24.2. The lowest BCUT2D eigenvalue weighted by Crippen LogP contribution is -2.58. The van der Waals surface area contributed by atoms with Crippen LogP contribution in [0.15, 0.2) is 12.7 Å². The summed E-state index contributed by atoms with van der Waals surface area (Å²) in [7, 11) is 0. The predicted molar refractivity (Wildman–Crippen MR) is 88.7 cm³/mol. The van der Waals surface area contributed by atoms with E-state index in [9.17, 15) is 0 Å². The van der Waals surface area contributed by atoms with Gasteiger partial charge in [-0.2, -0.15) is 5.10 Å². The van der Waals surface area contributed by atoms with E-state index >= 15 is 0 Å². The molecule has 124 valence electrons. The van der Waals surface area contributed by atoms with Crippen molar-refractivity contribution in [3.8, 4) is 0 Å². The minimum Gasteiger partial charge on any atom is -0.311 e. The van der Waals surface area contributed by atoms with Gasteiger partial charge >= 0.3 is 0 Å². The summed E-state index contributed by atoms with van der Waals surface area (Å²) >= 11 is 0. The van der Waals surface area contributed by atoms with Crippen LogP contribution in [0.4, 0.5) is 0 Å². The van der Waals surface area contributed by atoms with E-state index in [2.05, 4.69) is 27.2 Å². The molecule has 22 heavy (non-hydrogen) atoms. The van der Waals surface area contributed by atoms with Crippen LogP contribution in [-0.2, 0) is 6.54 Å². The molecule has 1 saturated heterocycles. The van der Waals surface area contributed by atoms with Crippen LogP contribution < -0.4 is 5.32 Å². The number of nitrogens with one attached hydrogen (secondary N) is 1. The highest BCUT2D eigenvalue weighted by Gasteiger charge is 2.38. The lowest BCUT2D eigenvalue weighted by atomic mass is 9.79. The molecular weight excluding hydrogens is 274 g/mol. The highest BCUT2D eigenvalue weighted by atomic mass is 15.3. The van der Waals surface area contributed by atoms with Crippen LogP contribution in [0.5, 0.6) is 0 Å². The van der Waals surface area contributed by atoms with Crippen molar-refractivity contribution in [2.24, 2.45) is 0 Å². The summed E-state index contributed by atoms with van der Waals surface area (Å²) in [5.74, 6) is 0. The Labute approximate surface area is 134 Å². The van der Waals surface area contributed by atoms with Gasteiger partial charge in [-0.15, -0.1) is 0 Å². The zero-order chi connectivity index (χ0) is 15.3. The lowest BCUT2D eigenvalue weighted by molar-refractivity contribution is 0.0313. The number of hydrogen-bond donors (Lipinski definition) is 1. The fourth-order valence-corrected chi connectivity index (χ4v) is 4.22. The van der Waals surface area contributed by atoms with Crippen molar-refractivity contribution < 1.29 is 0 Å². The number of aromatic nitrogens is 3.